The number of carbonyl (C=O) groups is 1. The van der Waals surface area contributed by atoms with Crippen molar-refractivity contribution in [1.82, 2.24) is 14.5 Å². The van der Waals surface area contributed by atoms with Crippen molar-refractivity contribution in [3.05, 3.63) is 34.1 Å². The minimum atomic E-state index is 0.231. The van der Waals surface area contributed by atoms with E-state index in [-0.39, 0.29) is 5.78 Å². The van der Waals surface area contributed by atoms with Crippen LogP contribution in [0.3, 0.4) is 0 Å². The number of aryl methyl sites for hydroxylation is 2. The molecule has 0 bridgehead atoms. The van der Waals surface area contributed by atoms with Gasteiger partial charge in [0.15, 0.2) is 10.9 Å². The van der Waals surface area contributed by atoms with Crippen LogP contribution in [0.5, 0.6) is 0 Å². The minimum Gasteiger partial charge on any atom is -0.296 e. The minimum absolute atomic E-state index is 0.231. The maximum absolute atomic E-state index is 12.7. The van der Waals surface area contributed by atoms with Gasteiger partial charge in [-0.25, -0.2) is 4.98 Å². The van der Waals surface area contributed by atoms with Crippen LogP contribution in [0.1, 0.15) is 46.7 Å². The highest BCUT2D eigenvalue weighted by molar-refractivity contribution is 7.12. The van der Waals surface area contributed by atoms with Gasteiger partial charge in [0, 0.05) is 22.3 Å². The van der Waals surface area contributed by atoms with Gasteiger partial charge in [-0.15, -0.1) is 11.3 Å². The van der Waals surface area contributed by atoms with E-state index in [9.17, 15) is 4.79 Å². The molecule has 0 aromatic carbocycles. The second-order valence-electron chi connectivity index (χ2n) is 6.15. The van der Waals surface area contributed by atoms with E-state index in [0.29, 0.717) is 6.54 Å². The molecule has 5 heteroatoms. The molecule has 0 unspecified atom stereocenters. The molecule has 1 aliphatic rings. The number of ketones is 1. The third kappa shape index (κ3) is 3.01. The van der Waals surface area contributed by atoms with Crippen LogP contribution in [0, 0.1) is 20.8 Å². The molecule has 118 valence electrons. The Bertz CT molecular complexity index is 680. The largest absolute Gasteiger partial charge is 0.296 e. The maximum atomic E-state index is 12.7. The van der Waals surface area contributed by atoms with Gasteiger partial charge in [0.2, 0.25) is 0 Å². The lowest BCUT2D eigenvalue weighted by Gasteiger charge is -2.25. The Kier molecular flexibility index (Phi) is 4.45. The molecule has 2 aromatic rings. The molecule has 0 radical (unpaired) electrons. The summed E-state index contributed by atoms with van der Waals surface area (Å²) in [4.78, 5) is 19.5. The van der Waals surface area contributed by atoms with E-state index in [4.69, 9.17) is 0 Å². The van der Waals surface area contributed by atoms with Crippen molar-refractivity contribution >= 4 is 17.1 Å². The summed E-state index contributed by atoms with van der Waals surface area (Å²) in [5.74, 6) is 0.231. The van der Waals surface area contributed by atoms with Crippen LogP contribution in [0.25, 0.3) is 5.13 Å². The molecule has 0 N–H and O–H groups in total. The third-order valence-corrected chi connectivity index (χ3v) is 5.29. The number of carbonyl (C=O) groups excluding carboxylic acids is 1. The predicted octanol–water partition coefficient (Wildman–Crippen LogP) is 3.53. The molecule has 1 aliphatic heterocycles. The van der Waals surface area contributed by atoms with E-state index in [1.807, 2.05) is 32.2 Å². The summed E-state index contributed by atoms with van der Waals surface area (Å²) in [5, 5.41) is 2.99. The first kappa shape index (κ1) is 15.4. The lowest BCUT2D eigenvalue weighted by Crippen LogP contribution is -2.34. The third-order valence-electron chi connectivity index (χ3n) is 4.35. The van der Waals surface area contributed by atoms with Crippen LogP contribution in [0.4, 0.5) is 0 Å². The van der Waals surface area contributed by atoms with Gasteiger partial charge in [-0.05, 0) is 52.8 Å². The fourth-order valence-corrected chi connectivity index (χ4v) is 4.10. The smallest absolute Gasteiger partial charge is 0.194 e. The molecule has 0 aliphatic carbocycles. The SMILES string of the molecule is Cc1csc(-n2c(C)cc(C(=O)CN3CCCCC3)c2C)n1. The maximum Gasteiger partial charge on any atom is 0.194 e. The first-order valence-corrected chi connectivity index (χ1v) is 8.81. The van der Waals surface area contributed by atoms with Gasteiger partial charge in [-0.3, -0.25) is 14.3 Å². The average molecular weight is 317 g/mol. The Morgan fingerprint density at radius 1 is 1.23 bits per heavy atom. The highest BCUT2D eigenvalue weighted by Crippen LogP contribution is 2.24. The van der Waals surface area contributed by atoms with E-state index in [2.05, 4.69) is 14.5 Å². The molecule has 3 rings (SSSR count). The van der Waals surface area contributed by atoms with Crippen molar-refractivity contribution in [2.45, 2.75) is 40.0 Å². The number of thiazole rings is 1. The highest BCUT2D eigenvalue weighted by atomic mass is 32.1. The molecule has 1 fully saturated rings. The normalized spacial score (nSPS) is 16.1. The van der Waals surface area contributed by atoms with E-state index in [1.54, 1.807) is 11.3 Å². The van der Waals surface area contributed by atoms with Crippen LogP contribution < -0.4 is 0 Å². The summed E-state index contributed by atoms with van der Waals surface area (Å²) in [6.07, 6.45) is 3.72. The Hall–Kier alpha value is -1.46. The van der Waals surface area contributed by atoms with Gasteiger partial charge in [-0.2, -0.15) is 0 Å². The Morgan fingerprint density at radius 2 is 1.95 bits per heavy atom. The standard InChI is InChI=1S/C17H23N3OS/c1-12-11-22-17(18-12)20-13(2)9-15(14(20)3)16(21)10-19-7-5-4-6-8-19/h9,11H,4-8,10H2,1-3H3. The van der Waals surface area contributed by atoms with Crippen LogP contribution in [0.2, 0.25) is 0 Å². The molecular formula is C17H23N3OS. The molecule has 0 saturated carbocycles. The topological polar surface area (TPSA) is 38.1 Å². The Morgan fingerprint density at radius 3 is 2.59 bits per heavy atom. The van der Waals surface area contributed by atoms with Crippen molar-refractivity contribution in [2.75, 3.05) is 19.6 Å². The lowest BCUT2D eigenvalue weighted by molar-refractivity contribution is 0.0915. The van der Waals surface area contributed by atoms with Gasteiger partial charge >= 0.3 is 0 Å². The quantitative estimate of drug-likeness (QED) is 0.810. The van der Waals surface area contributed by atoms with Crippen molar-refractivity contribution < 1.29 is 4.79 Å². The van der Waals surface area contributed by atoms with E-state index in [1.165, 1.54) is 19.3 Å². The zero-order chi connectivity index (χ0) is 15.7. The molecular weight excluding hydrogens is 294 g/mol. The second kappa shape index (κ2) is 6.34. The van der Waals surface area contributed by atoms with Crippen molar-refractivity contribution in [3.8, 4) is 5.13 Å². The van der Waals surface area contributed by atoms with Gasteiger partial charge in [0.25, 0.3) is 0 Å². The van der Waals surface area contributed by atoms with Gasteiger partial charge < -0.3 is 0 Å². The number of Topliss-reactive ketones (excluding diaryl/α,β-unsaturated/α-hetero) is 1. The number of hydrogen-bond donors (Lipinski definition) is 0. The van der Waals surface area contributed by atoms with E-state index in [0.717, 1.165) is 40.9 Å². The fourth-order valence-electron chi connectivity index (χ4n) is 3.19. The van der Waals surface area contributed by atoms with Crippen molar-refractivity contribution in [1.29, 1.82) is 0 Å². The average Bonchev–Trinajstić information content (AvgIpc) is 3.03. The number of piperidine rings is 1. The van der Waals surface area contributed by atoms with Gasteiger partial charge in [-0.1, -0.05) is 6.42 Å². The molecule has 2 aromatic heterocycles. The summed E-state index contributed by atoms with van der Waals surface area (Å²) < 4.78 is 2.10. The number of nitrogens with zero attached hydrogens (tertiary/aromatic N) is 3. The summed E-state index contributed by atoms with van der Waals surface area (Å²) in [7, 11) is 0. The Balaban J connectivity index is 1.84. The molecule has 3 heterocycles. The summed E-state index contributed by atoms with van der Waals surface area (Å²) in [6, 6.07) is 2.01. The highest BCUT2D eigenvalue weighted by Gasteiger charge is 2.21. The summed E-state index contributed by atoms with van der Waals surface area (Å²) in [5.41, 5.74) is 3.95. The molecule has 4 nitrogen and oxygen atoms in total. The number of likely N-dealkylation sites (tertiary alicyclic amines) is 1. The molecule has 1 saturated heterocycles. The Labute approximate surface area is 135 Å². The van der Waals surface area contributed by atoms with Crippen LogP contribution in [-0.2, 0) is 0 Å². The summed E-state index contributed by atoms with van der Waals surface area (Å²) in [6.45, 7) is 8.71. The second-order valence-corrected chi connectivity index (χ2v) is 6.99. The van der Waals surface area contributed by atoms with Crippen LogP contribution in [-0.4, -0.2) is 39.9 Å². The lowest BCUT2D eigenvalue weighted by atomic mass is 10.1. The monoisotopic (exact) mass is 317 g/mol. The van der Waals surface area contributed by atoms with Gasteiger partial charge in [0.1, 0.15) is 0 Å². The first-order chi connectivity index (χ1) is 10.6. The van der Waals surface area contributed by atoms with Crippen LogP contribution in [0.15, 0.2) is 11.4 Å². The molecule has 0 atom stereocenters. The van der Waals surface area contributed by atoms with Crippen LogP contribution >= 0.6 is 11.3 Å². The number of aromatic nitrogens is 2. The predicted molar refractivity (Wildman–Crippen MR) is 90.3 cm³/mol. The zero-order valence-corrected chi connectivity index (χ0v) is 14.4. The molecule has 22 heavy (non-hydrogen) atoms. The fraction of sp³-hybridized carbons (Fsp3) is 0.529. The van der Waals surface area contributed by atoms with Gasteiger partial charge in [0.05, 0.1) is 12.2 Å². The van der Waals surface area contributed by atoms with Crippen molar-refractivity contribution in [2.24, 2.45) is 0 Å². The summed E-state index contributed by atoms with van der Waals surface area (Å²) >= 11 is 1.62. The number of rotatable bonds is 4. The van der Waals surface area contributed by atoms with E-state index < -0.39 is 0 Å². The molecule has 0 spiro atoms. The molecule has 0 amide bonds. The number of hydrogen-bond acceptors (Lipinski definition) is 4. The van der Waals surface area contributed by atoms with E-state index >= 15 is 0 Å². The van der Waals surface area contributed by atoms with Crippen molar-refractivity contribution in [3.63, 3.8) is 0 Å². The zero-order valence-electron chi connectivity index (χ0n) is 13.6. The first-order valence-electron chi connectivity index (χ1n) is 7.93.